The average molecular weight is 334 g/mol. The zero-order chi connectivity index (χ0) is 17.2. The molecular formula is C19H18N4O2. The van der Waals surface area contributed by atoms with Crippen molar-refractivity contribution in [2.75, 3.05) is 36.0 Å². The number of piperazine rings is 1. The van der Waals surface area contributed by atoms with Crippen molar-refractivity contribution >= 4 is 28.5 Å². The molecule has 0 spiro atoms. The number of benzene rings is 1. The number of nitrogens with zero attached hydrogens (tertiary/aromatic N) is 4. The molecule has 6 heteroatoms. The van der Waals surface area contributed by atoms with Crippen LogP contribution in [-0.2, 0) is 0 Å². The van der Waals surface area contributed by atoms with Crippen molar-refractivity contribution in [3.8, 4) is 0 Å². The van der Waals surface area contributed by atoms with Crippen LogP contribution in [0.2, 0.25) is 0 Å². The molecule has 25 heavy (non-hydrogen) atoms. The van der Waals surface area contributed by atoms with Crippen LogP contribution in [0.4, 0.5) is 11.6 Å². The molecule has 2 aromatic heterocycles. The van der Waals surface area contributed by atoms with Gasteiger partial charge in [-0.15, -0.1) is 0 Å². The molecule has 4 rings (SSSR count). The number of carboxylic acid groups (broad SMARTS) is 1. The van der Waals surface area contributed by atoms with Crippen LogP contribution < -0.4 is 9.80 Å². The smallest absolute Gasteiger partial charge is 0.336 e. The normalized spacial score (nSPS) is 14.7. The van der Waals surface area contributed by atoms with Gasteiger partial charge in [0, 0.05) is 37.8 Å². The molecule has 1 aliphatic heterocycles. The molecule has 3 heterocycles. The summed E-state index contributed by atoms with van der Waals surface area (Å²) in [5.74, 6) is 0.767. The summed E-state index contributed by atoms with van der Waals surface area (Å²) < 4.78 is 0. The van der Waals surface area contributed by atoms with Gasteiger partial charge in [-0.1, -0.05) is 24.3 Å². The lowest BCUT2D eigenvalue weighted by Crippen LogP contribution is -2.47. The molecule has 6 nitrogen and oxygen atoms in total. The molecular weight excluding hydrogens is 316 g/mol. The predicted octanol–water partition coefficient (Wildman–Crippen LogP) is 2.65. The van der Waals surface area contributed by atoms with Gasteiger partial charge in [0.1, 0.15) is 11.6 Å². The SMILES string of the molecule is O=C(O)c1cc(N2CCN(c3ccccn3)CC2)nc2ccccc12. The topological polar surface area (TPSA) is 69.6 Å². The van der Waals surface area contributed by atoms with Crippen LogP contribution in [0.15, 0.2) is 54.7 Å². The second kappa shape index (κ2) is 6.39. The Bertz CT molecular complexity index is 906. The lowest BCUT2D eigenvalue weighted by molar-refractivity contribution is 0.0699. The number of aromatic nitrogens is 2. The lowest BCUT2D eigenvalue weighted by atomic mass is 10.1. The summed E-state index contributed by atoms with van der Waals surface area (Å²) in [4.78, 5) is 25.1. The molecule has 3 aromatic rings. The van der Waals surface area contributed by atoms with E-state index in [1.54, 1.807) is 18.3 Å². The maximum absolute atomic E-state index is 11.6. The van der Waals surface area contributed by atoms with Crippen LogP contribution in [0, 0.1) is 0 Å². The van der Waals surface area contributed by atoms with E-state index in [0.717, 1.165) is 37.8 Å². The van der Waals surface area contributed by atoms with Gasteiger partial charge in [0.05, 0.1) is 11.1 Å². The van der Waals surface area contributed by atoms with Crippen molar-refractivity contribution in [3.63, 3.8) is 0 Å². The van der Waals surface area contributed by atoms with Crippen LogP contribution in [0.25, 0.3) is 10.9 Å². The highest BCUT2D eigenvalue weighted by molar-refractivity contribution is 6.03. The molecule has 0 unspecified atom stereocenters. The predicted molar refractivity (Wildman–Crippen MR) is 97.4 cm³/mol. The summed E-state index contributed by atoms with van der Waals surface area (Å²) >= 11 is 0. The highest BCUT2D eigenvalue weighted by Gasteiger charge is 2.21. The van der Waals surface area contributed by atoms with Crippen molar-refractivity contribution in [1.82, 2.24) is 9.97 Å². The highest BCUT2D eigenvalue weighted by atomic mass is 16.4. The third kappa shape index (κ3) is 2.98. The summed E-state index contributed by atoms with van der Waals surface area (Å²) in [6.45, 7) is 3.21. The lowest BCUT2D eigenvalue weighted by Gasteiger charge is -2.36. The summed E-state index contributed by atoms with van der Waals surface area (Å²) in [6, 6.07) is 15.0. The molecule has 0 atom stereocenters. The Morgan fingerprint density at radius 2 is 1.60 bits per heavy atom. The monoisotopic (exact) mass is 334 g/mol. The summed E-state index contributed by atoms with van der Waals surface area (Å²) in [5.41, 5.74) is 1.01. The van der Waals surface area contributed by atoms with E-state index in [9.17, 15) is 9.90 Å². The van der Waals surface area contributed by atoms with E-state index in [4.69, 9.17) is 0 Å². The average Bonchev–Trinajstić information content (AvgIpc) is 2.68. The van der Waals surface area contributed by atoms with Crippen molar-refractivity contribution in [1.29, 1.82) is 0 Å². The minimum Gasteiger partial charge on any atom is -0.478 e. The maximum atomic E-state index is 11.6. The number of carboxylic acids is 1. The molecule has 0 saturated carbocycles. The van der Waals surface area contributed by atoms with Crippen LogP contribution in [0.5, 0.6) is 0 Å². The Morgan fingerprint density at radius 1 is 0.920 bits per heavy atom. The number of para-hydroxylation sites is 1. The van der Waals surface area contributed by atoms with Crippen LogP contribution in [-0.4, -0.2) is 47.2 Å². The van der Waals surface area contributed by atoms with Crippen molar-refractivity contribution in [2.45, 2.75) is 0 Å². The molecule has 1 fully saturated rings. The number of anilines is 2. The fourth-order valence-electron chi connectivity index (χ4n) is 3.21. The van der Waals surface area contributed by atoms with Crippen molar-refractivity contribution in [2.24, 2.45) is 0 Å². The molecule has 0 bridgehead atoms. The fraction of sp³-hybridized carbons (Fsp3) is 0.211. The van der Waals surface area contributed by atoms with Gasteiger partial charge in [-0.2, -0.15) is 0 Å². The molecule has 1 N–H and O–H groups in total. The maximum Gasteiger partial charge on any atom is 0.336 e. The molecule has 1 aromatic carbocycles. The van der Waals surface area contributed by atoms with Gasteiger partial charge in [-0.05, 0) is 24.3 Å². The van der Waals surface area contributed by atoms with Gasteiger partial charge in [0.2, 0.25) is 0 Å². The second-order valence-corrected chi connectivity index (χ2v) is 6.01. The molecule has 0 radical (unpaired) electrons. The fourth-order valence-corrected chi connectivity index (χ4v) is 3.21. The zero-order valence-corrected chi connectivity index (χ0v) is 13.7. The van der Waals surface area contributed by atoms with E-state index in [2.05, 4.69) is 19.8 Å². The Balaban J connectivity index is 1.60. The molecule has 0 amide bonds. The number of rotatable bonds is 3. The number of pyridine rings is 2. The van der Waals surface area contributed by atoms with E-state index < -0.39 is 5.97 Å². The van der Waals surface area contributed by atoms with E-state index in [1.165, 1.54) is 0 Å². The number of hydrogen-bond donors (Lipinski definition) is 1. The van der Waals surface area contributed by atoms with Gasteiger partial charge in [-0.25, -0.2) is 14.8 Å². The van der Waals surface area contributed by atoms with Gasteiger partial charge < -0.3 is 14.9 Å². The van der Waals surface area contributed by atoms with Crippen LogP contribution >= 0.6 is 0 Å². The largest absolute Gasteiger partial charge is 0.478 e. The van der Waals surface area contributed by atoms with Gasteiger partial charge in [0.15, 0.2) is 0 Å². The zero-order valence-electron chi connectivity index (χ0n) is 13.7. The van der Waals surface area contributed by atoms with Crippen molar-refractivity contribution in [3.05, 3.63) is 60.3 Å². The highest BCUT2D eigenvalue weighted by Crippen LogP contribution is 2.24. The Labute approximate surface area is 145 Å². The first kappa shape index (κ1) is 15.4. The minimum absolute atomic E-state index is 0.299. The second-order valence-electron chi connectivity index (χ2n) is 6.01. The first-order valence-corrected chi connectivity index (χ1v) is 8.26. The summed E-state index contributed by atoms with van der Waals surface area (Å²) in [5, 5.41) is 10.2. The summed E-state index contributed by atoms with van der Waals surface area (Å²) in [6.07, 6.45) is 1.80. The number of hydrogen-bond acceptors (Lipinski definition) is 5. The first-order chi connectivity index (χ1) is 12.2. The Kier molecular flexibility index (Phi) is 3.93. The number of carbonyl (C=O) groups is 1. The minimum atomic E-state index is -0.924. The van der Waals surface area contributed by atoms with E-state index in [-0.39, 0.29) is 0 Å². The van der Waals surface area contributed by atoms with Gasteiger partial charge >= 0.3 is 5.97 Å². The third-order valence-electron chi connectivity index (χ3n) is 4.51. The van der Waals surface area contributed by atoms with Gasteiger partial charge in [-0.3, -0.25) is 0 Å². The molecule has 126 valence electrons. The standard InChI is InChI=1S/C19H18N4O2/c24-19(25)15-13-18(21-16-6-2-1-5-14(15)16)23-11-9-22(10-12-23)17-7-3-4-8-20-17/h1-8,13H,9-12H2,(H,24,25). The number of aromatic carboxylic acids is 1. The quantitative estimate of drug-likeness (QED) is 0.794. The summed E-state index contributed by atoms with van der Waals surface area (Å²) in [7, 11) is 0. The van der Waals surface area contributed by atoms with E-state index >= 15 is 0 Å². The van der Waals surface area contributed by atoms with Crippen LogP contribution in [0.3, 0.4) is 0 Å². The molecule has 1 aliphatic rings. The third-order valence-corrected chi connectivity index (χ3v) is 4.51. The van der Waals surface area contributed by atoms with Crippen molar-refractivity contribution < 1.29 is 9.90 Å². The molecule has 0 aliphatic carbocycles. The van der Waals surface area contributed by atoms with Crippen LogP contribution in [0.1, 0.15) is 10.4 Å². The van der Waals surface area contributed by atoms with E-state index in [0.29, 0.717) is 16.5 Å². The van der Waals surface area contributed by atoms with Gasteiger partial charge in [0.25, 0.3) is 0 Å². The first-order valence-electron chi connectivity index (χ1n) is 8.26. The van der Waals surface area contributed by atoms with E-state index in [1.807, 2.05) is 36.4 Å². The molecule has 1 saturated heterocycles. The Hall–Kier alpha value is -3.15. The Morgan fingerprint density at radius 3 is 2.28 bits per heavy atom. The number of fused-ring (bicyclic) bond motifs is 1.